The molecule has 1 aromatic carbocycles. The van der Waals surface area contributed by atoms with E-state index in [1.807, 2.05) is 31.2 Å². The number of nitrogens with one attached hydrogen (secondary N) is 1. The van der Waals surface area contributed by atoms with Crippen molar-refractivity contribution in [1.82, 2.24) is 4.98 Å². The van der Waals surface area contributed by atoms with Crippen LogP contribution in [0, 0.1) is 0 Å². The molecule has 128 valence electrons. The number of aliphatic carboxylic acids is 1. The molecule has 1 heterocycles. The van der Waals surface area contributed by atoms with Gasteiger partial charge in [0.15, 0.2) is 5.13 Å². The molecule has 24 heavy (non-hydrogen) atoms. The number of hydrogen-bond donors (Lipinski definition) is 2. The first kappa shape index (κ1) is 18.1. The van der Waals surface area contributed by atoms with Gasteiger partial charge in [0.2, 0.25) is 5.91 Å². The van der Waals surface area contributed by atoms with Crippen molar-refractivity contribution in [2.75, 3.05) is 5.32 Å². The molecular weight excluding hydrogens is 324 g/mol. The molecule has 6 heteroatoms. The van der Waals surface area contributed by atoms with Crippen molar-refractivity contribution >= 4 is 28.3 Å². The third-order valence-electron chi connectivity index (χ3n) is 3.58. The molecule has 2 rings (SSSR count). The van der Waals surface area contributed by atoms with E-state index in [1.54, 1.807) is 0 Å². The number of thiazole rings is 1. The van der Waals surface area contributed by atoms with Crippen LogP contribution >= 0.6 is 11.3 Å². The van der Waals surface area contributed by atoms with Crippen LogP contribution in [0.2, 0.25) is 0 Å². The van der Waals surface area contributed by atoms with Crippen LogP contribution in [0.3, 0.4) is 0 Å². The number of carboxylic acid groups (broad SMARTS) is 1. The molecule has 0 atom stereocenters. The van der Waals surface area contributed by atoms with Crippen molar-refractivity contribution in [2.24, 2.45) is 0 Å². The minimum absolute atomic E-state index is 0.102. The molecule has 0 aliphatic rings. The summed E-state index contributed by atoms with van der Waals surface area (Å²) in [6.07, 6.45) is 1.07. The Morgan fingerprint density at radius 1 is 1.25 bits per heavy atom. The van der Waals surface area contributed by atoms with E-state index in [-0.39, 0.29) is 12.3 Å². The number of rotatable bonds is 7. The predicted octanol–water partition coefficient (Wildman–Crippen LogP) is 4.30. The molecule has 1 aromatic heterocycles. The third-order valence-corrected chi connectivity index (χ3v) is 4.55. The average Bonchev–Trinajstić information content (AvgIpc) is 2.89. The summed E-state index contributed by atoms with van der Waals surface area (Å²) < 4.78 is 0. The van der Waals surface area contributed by atoms with Crippen LogP contribution in [0.25, 0.3) is 11.3 Å². The largest absolute Gasteiger partial charge is 0.481 e. The SMILES string of the molecule is CCCC(=O)Nc1nc(-c2ccc(C(C)C)cc2)c(CC(=O)O)s1. The van der Waals surface area contributed by atoms with Gasteiger partial charge in [0, 0.05) is 16.9 Å². The van der Waals surface area contributed by atoms with Crippen LogP contribution in [0.5, 0.6) is 0 Å². The quantitative estimate of drug-likeness (QED) is 0.783. The van der Waals surface area contributed by atoms with Gasteiger partial charge >= 0.3 is 5.97 Å². The maximum absolute atomic E-state index is 11.8. The second-order valence-corrected chi connectivity index (χ2v) is 7.02. The number of aromatic nitrogens is 1. The van der Waals surface area contributed by atoms with Crippen molar-refractivity contribution in [2.45, 2.75) is 46.0 Å². The number of hydrogen-bond acceptors (Lipinski definition) is 4. The van der Waals surface area contributed by atoms with Crippen molar-refractivity contribution in [1.29, 1.82) is 0 Å². The first-order valence-electron chi connectivity index (χ1n) is 8.02. The molecule has 0 fully saturated rings. The fourth-order valence-corrected chi connectivity index (χ4v) is 3.31. The lowest BCUT2D eigenvalue weighted by Gasteiger charge is -2.06. The number of carboxylic acids is 1. The first-order chi connectivity index (χ1) is 11.4. The van der Waals surface area contributed by atoms with Crippen molar-refractivity contribution < 1.29 is 14.7 Å². The molecule has 5 nitrogen and oxygen atoms in total. The Bertz CT molecular complexity index is 720. The minimum Gasteiger partial charge on any atom is -0.481 e. The van der Waals surface area contributed by atoms with Crippen molar-refractivity contribution in [3.05, 3.63) is 34.7 Å². The third kappa shape index (κ3) is 4.64. The van der Waals surface area contributed by atoms with Gasteiger partial charge in [0.25, 0.3) is 0 Å². The van der Waals surface area contributed by atoms with Gasteiger partial charge in [-0.1, -0.05) is 45.0 Å². The molecule has 0 aliphatic carbocycles. The second-order valence-electron chi connectivity index (χ2n) is 5.94. The van der Waals surface area contributed by atoms with E-state index in [1.165, 1.54) is 16.9 Å². The summed E-state index contributed by atoms with van der Waals surface area (Å²) >= 11 is 1.22. The van der Waals surface area contributed by atoms with Crippen molar-refractivity contribution in [3.63, 3.8) is 0 Å². The van der Waals surface area contributed by atoms with Gasteiger partial charge in [0.1, 0.15) is 0 Å². The highest BCUT2D eigenvalue weighted by Crippen LogP contribution is 2.32. The summed E-state index contributed by atoms with van der Waals surface area (Å²) in [4.78, 5) is 28.0. The number of anilines is 1. The lowest BCUT2D eigenvalue weighted by molar-refractivity contribution is -0.136. The standard InChI is InChI=1S/C18H22N2O3S/c1-4-5-15(21)19-18-20-17(14(24-18)10-16(22)23)13-8-6-12(7-9-13)11(2)3/h6-9,11H,4-5,10H2,1-3H3,(H,22,23)(H,19,20,21). The van der Waals surface area contributed by atoms with Crippen LogP contribution in [0.15, 0.2) is 24.3 Å². The van der Waals surface area contributed by atoms with Gasteiger partial charge in [0.05, 0.1) is 12.1 Å². The molecule has 0 unspecified atom stereocenters. The number of amides is 1. The Morgan fingerprint density at radius 3 is 2.46 bits per heavy atom. The zero-order valence-corrected chi connectivity index (χ0v) is 14.9. The average molecular weight is 346 g/mol. The van der Waals surface area contributed by atoms with E-state index in [9.17, 15) is 9.59 Å². The summed E-state index contributed by atoms with van der Waals surface area (Å²) in [5.74, 6) is -0.586. The monoisotopic (exact) mass is 346 g/mol. The molecular formula is C18H22N2O3S. The summed E-state index contributed by atoms with van der Waals surface area (Å²) in [5, 5.41) is 12.3. The van der Waals surface area contributed by atoms with Gasteiger partial charge < -0.3 is 10.4 Å². The van der Waals surface area contributed by atoms with E-state index >= 15 is 0 Å². The molecule has 0 saturated heterocycles. The lowest BCUT2D eigenvalue weighted by Crippen LogP contribution is -2.10. The van der Waals surface area contributed by atoms with Crippen LogP contribution < -0.4 is 5.32 Å². The molecule has 0 bridgehead atoms. The molecule has 0 aliphatic heterocycles. The van der Waals surface area contributed by atoms with Gasteiger partial charge in [-0.25, -0.2) is 4.98 Å². The molecule has 1 amide bonds. The molecule has 2 aromatic rings. The Hall–Kier alpha value is -2.21. The predicted molar refractivity (Wildman–Crippen MR) is 96.5 cm³/mol. The molecule has 2 N–H and O–H groups in total. The fraction of sp³-hybridized carbons (Fsp3) is 0.389. The highest BCUT2D eigenvalue weighted by Gasteiger charge is 2.17. The zero-order chi connectivity index (χ0) is 17.7. The highest BCUT2D eigenvalue weighted by atomic mass is 32.1. The Morgan fingerprint density at radius 2 is 1.92 bits per heavy atom. The number of nitrogens with zero attached hydrogens (tertiary/aromatic N) is 1. The lowest BCUT2D eigenvalue weighted by atomic mass is 10.0. The Balaban J connectivity index is 2.33. The van der Waals surface area contributed by atoms with Gasteiger partial charge in [-0.15, -0.1) is 11.3 Å². The van der Waals surface area contributed by atoms with Gasteiger partial charge in [-0.05, 0) is 17.9 Å². The van der Waals surface area contributed by atoms with E-state index < -0.39 is 5.97 Å². The van der Waals surface area contributed by atoms with E-state index in [4.69, 9.17) is 5.11 Å². The number of carbonyl (C=O) groups is 2. The molecule has 0 saturated carbocycles. The second kappa shape index (κ2) is 8.06. The first-order valence-corrected chi connectivity index (χ1v) is 8.84. The van der Waals surface area contributed by atoms with Gasteiger partial charge in [-0.2, -0.15) is 0 Å². The minimum atomic E-state index is -0.912. The van der Waals surface area contributed by atoms with Crippen LogP contribution in [0.1, 0.15) is 50.0 Å². The van der Waals surface area contributed by atoms with E-state index in [0.717, 1.165) is 12.0 Å². The maximum Gasteiger partial charge on any atom is 0.308 e. The van der Waals surface area contributed by atoms with Crippen molar-refractivity contribution in [3.8, 4) is 11.3 Å². The summed E-state index contributed by atoms with van der Waals surface area (Å²) in [7, 11) is 0. The summed E-state index contributed by atoms with van der Waals surface area (Å²) in [6.45, 7) is 6.17. The van der Waals surface area contributed by atoms with Crippen LogP contribution in [-0.4, -0.2) is 22.0 Å². The van der Waals surface area contributed by atoms with E-state index in [2.05, 4.69) is 24.1 Å². The summed E-state index contributed by atoms with van der Waals surface area (Å²) in [6, 6.07) is 7.96. The smallest absolute Gasteiger partial charge is 0.308 e. The van der Waals surface area contributed by atoms with E-state index in [0.29, 0.717) is 28.0 Å². The Kier molecular flexibility index (Phi) is 6.09. The number of carbonyl (C=O) groups excluding carboxylic acids is 1. The van der Waals surface area contributed by atoms with Crippen LogP contribution in [-0.2, 0) is 16.0 Å². The van der Waals surface area contributed by atoms with Crippen LogP contribution in [0.4, 0.5) is 5.13 Å². The zero-order valence-electron chi connectivity index (χ0n) is 14.1. The molecule has 0 radical (unpaired) electrons. The highest BCUT2D eigenvalue weighted by molar-refractivity contribution is 7.16. The number of benzene rings is 1. The molecule has 0 spiro atoms. The maximum atomic E-state index is 11.8. The topological polar surface area (TPSA) is 79.3 Å². The summed E-state index contributed by atoms with van der Waals surface area (Å²) in [5.41, 5.74) is 2.71. The Labute approximate surface area is 145 Å². The van der Waals surface area contributed by atoms with Gasteiger partial charge in [-0.3, -0.25) is 9.59 Å². The normalized spacial score (nSPS) is 10.8. The fourth-order valence-electron chi connectivity index (χ4n) is 2.32.